The first-order valence-electron chi connectivity index (χ1n) is 5.54. The van der Waals surface area contributed by atoms with Crippen molar-refractivity contribution < 1.29 is 13.9 Å². The Morgan fingerprint density at radius 1 is 1.22 bits per heavy atom. The number of furan rings is 1. The van der Waals surface area contributed by atoms with E-state index in [0.29, 0.717) is 17.0 Å². The van der Waals surface area contributed by atoms with Crippen LogP contribution >= 0.6 is 0 Å². The Morgan fingerprint density at radius 2 is 2.06 bits per heavy atom. The van der Waals surface area contributed by atoms with Gasteiger partial charge in [-0.25, -0.2) is 4.79 Å². The maximum atomic E-state index is 11.9. The van der Waals surface area contributed by atoms with Gasteiger partial charge in [-0.1, -0.05) is 18.2 Å². The van der Waals surface area contributed by atoms with Gasteiger partial charge in [-0.2, -0.15) is 0 Å². The molecule has 0 aliphatic rings. The van der Waals surface area contributed by atoms with Crippen molar-refractivity contribution in [1.29, 1.82) is 0 Å². The Balaban J connectivity index is 2.33. The molecule has 0 aliphatic heterocycles. The van der Waals surface area contributed by atoms with Gasteiger partial charge in [0.25, 0.3) is 0 Å². The van der Waals surface area contributed by atoms with Crippen molar-refractivity contribution in [2.75, 3.05) is 7.11 Å². The van der Waals surface area contributed by atoms with E-state index in [1.165, 1.54) is 7.11 Å². The van der Waals surface area contributed by atoms with E-state index in [9.17, 15) is 4.79 Å². The summed E-state index contributed by atoms with van der Waals surface area (Å²) in [6.07, 6.45) is 1.57. The molecule has 0 atom stereocenters. The first-order chi connectivity index (χ1) is 8.81. The lowest BCUT2D eigenvalue weighted by Crippen LogP contribution is -2.01. The third-order valence-electron chi connectivity index (χ3n) is 2.86. The van der Waals surface area contributed by atoms with E-state index in [4.69, 9.17) is 9.15 Å². The molecule has 0 spiro atoms. The van der Waals surface area contributed by atoms with Crippen LogP contribution in [0.25, 0.3) is 22.4 Å². The van der Waals surface area contributed by atoms with Gasteiger partial charge in [0.1, 0.15) is 0 Å². The fraction of sp³-hybridized carbons (Fsp3) is 0.0714. The SMILES string of the molecule is COC(=O)c1c(-c2ccco2)[nH]c2ccccc12. The number of esters is 1. The van der Waals surface area contributed by atoms with Gasteiger partial charge in [-0.05, 0) is 18.2 Å². The average molecular weight is 241 g/mol. The van der Waals surface area contributed by atoms with Crippen molar-refractivity contribution in [2.45, 2.75) is 0 Å². The summed E-state index contributed by atoms with van der Waals surface area (Å²) in [5.74, 6) is 0.241. The predicted octanol–water partition coefficient (Wildman–Crippen LogP) is 3.21. The monoisotopic (exact) mass is 241 g/mol. The number of hydrogen-bond acceptors (Lipinski definition) is 3. The molecule has 3 rings (SSSR count). The minimum atomic E-state index is -0.376. The van der Waals surface area contributed by atoms with Crippen molar-refractivity contribution in [3.05, 3.63) is 48.2 Å². The lowest BCUT2D eigenvalue weighted by Gasteiger charge is -2.00. The first-order valence-corrected chi connectivity index (χ1v) is 5.54. The van der Waals surface area contributed by atoms with Crippen LogP contribution in [-0.4, -0.2) is 18.1 Å². The number of methoxy groups -OCH3 is 1. The Bertz CT molecular complexity index is 695. The van der Waals surface area contributed by atoms with Crippen LogP contribution in [0.5, 0.6) is 0 Å². The number of fused-ring (bicyclic) bond motifs is 1. The zero-order valence-corrected chi connectivity index (χ0v) is 9.77. The van der Waals surface area contributed by atoms with Crippen LogP contribution in [0, 0.1) is 0 Å². The number of nitrogens with one attached hydrogen (secondary N) is 1. The van der Waals surface area contributed by atoms with E-state index in [0.717, 1.165) is 10.9 Å². The third kappa shape index (κ3) is 1.50. The quantitative estimate of drug-likeness (QED) is 0.701. The number of hydrogen-bond donors (Lipinski definition) is 1. The molecule has 4 heteroatoms. The maximum absolute atomic E-state index is 11.9. The van der Waals surface area contributed by atoms with Crippen LogP contribution in [0.3, 0.4) is 0 Å². The van der Waals surface area contributed by atoms with Gasteiger partial charge in [0, 0.05) is 10.9 Å². The molecule has 0 unspecified atom stereocenters. The lowest BCUT2D eigenvalue weighted by atomic mass is 10.1. The molecule has 2 heterocycles. The fourth-order valence-electron chi connectivity index (χ4n) is 2.06. The zero-order chi connectivity index (χ0) is 12.5. The molecule has 0 saturated heterocycles. The molecular formula is C14H11NO3. The predicted molar refractivity (Wildman–Crippen MR) is 67.3 cm³/mol. The Morgan fingerprint density at radius 3 is 2.78 bits per heavy atom. The Hall–Kier alpha value is -2.49. The van der Waals surface area contributed by atoms with E-state index >= 15 is 0 Å². The largest absolute Gasteiger partial charge is 0.465 e. The van der Waals surface area contributed by atoms with Crippen LogP contribution in [0.1, 0.15) is 10.4 Å². The standard InChI is InChI=1S/C14H11NO3/c1-17-14(16)12-9-5-2-3-6-10(9)15-13(12)11-7-4-8-18-11/h2-8,15H,1H3. The number of ether oxygens (including phenoxy) is 1. The van der Waals surface area contributed by atoms with Gasteiger partial charge in [0.15, 0.2) is 5.76 Å². The summed E-state index contributed by atoms with van der Waals surface area (Å²) in [6.45, 7) is 0. The number of aromatic nitrogens is 1. The number of para-hydroxylation sites is 1. The van der Waals surface area contributed by atoms with Crippen LogP contribution < -0.4 is 0 Å². The molecule has 0 aliphatic carbocycles. The first kappa shape index (κ1) is 10.7. The highest BCUT2D eigenvalue weighted by Gasteiger charge is 2.21. The van der Waals surface area contributed by atoms with Gasteiger partial charge in [0.05, 0.1) is 24.6 Å². The van der Waals surface area contributed by atoms with Crippen molar-refractivity contribution in [1.82, 2.24) is 4.98 Å². The normalized spacial score (nSPS) is 10.7. The van der Waals surface area contributed by atoms with Gasteiger partial charge >= 0.3 is 5.97 Å². The molecule has 2 aromatic heterocycles. The van der Waals surface area contributed by atoms with E-state index in [-0.39, 0.29) is 5.97 Å². The molecule has 1 N–H and O–H groups in total. The molecule has 0 saturated carbocycles. The average Bonchev–Trinajstić information content (AvgIpc) is 3.04. The molecule has 0 bridgehead atoms. The summed E-state index contributed by atoms with van der Waals surface area (Å²) < 4.78 is 10.2. The van der Waals surface area contributed by atoms with Gasteiger partial charge in [-0.15, -0.1) is 0 Å². The van der Waals surface area contributed by atoms with Crippen molar-refractivity contribution in [3.8, 4) is 11.5 Å². The highest BCUT2D eigenvalue weighted by Crippen LogP contribution is 2.30. The maximum Gasteiger partial charge on any atom is 0.340 e. The third-order valence-corrected chi connectivity index (χ3v) is 2.86. The summed E-state index contributed by atoms with van der Waals surface area (Å²) in [4.78, 5) is 15.1. The molecule has 18 heavy (non-hydrogen) atoms. The van der Waals surface area contributed by atoms with E-state index in [1.807, 2.05) is 24.3 Å². The number of carbonyl (C=O) groups excluding carboxylic acids is 1. The highest BCUT2D eigenvalue weighted by atomic mass is 16.5. The second-order valence-electron chi connectivity index (χ2n) is 3.89. The summed E-state index contributed by atoms with van der Waals surface area (Å²) >= 11 is 0. The zero-order valence-electron chi connectivity index (χ0n) is 9.77. The summed E-state index contributed by atoms with van der Waals surface area (Å²) in [5.41, 5.74) is 2.03. The summed E-state index contributed by atoms with van der Waals surface area (Å²) in [6, 6.07) is 11.2. The molecular weight excluding hydrogens is 230 g/mol. The van der Waals surface area contributed by atoms with Crippen LogP contribution in [-0.2, 0) is 4.74 Å². The number of benzene rings is 1. The summed E-state index contributed by atoms with van der Waals surface area (Å²) in [5, 5.41) is 0.829. The van der Waals surface area contributed by atoms with Crippen molar-refractivity contribution in [3.63, 3.8) is 0 Å². The lowest BCUT2D eigenvalue weighted by molar-refractivity contribution is 0.0603. The Labute approximate surface area is 103 Å². The van der Waals surface area contributed by atoms with Crippen LogP contribution in [0.2, 0.25) is 0 Å². The van der Waals surface area contributed by atoms with Crippen molar-refractivity contribution in [2.24, 2.45) is 0 Å². The molecule has 4 nitrogen and oxygen atoms in total. The minimum absolute atomic E-state index is 0.376. The molecule has 1 aromatic carbocycles. The van der Waals surface area contributed by atoms with Crippen LogP contribution in [0.15, 0.2) is 47.1 Å². The van der Waals surface area contributed by atoms with Crippen LogP contribution in [0.4, 0.5) is 0 Å². The van der Waals surface area contributed by atoms with Gasteiger partial charge < -0.3 is 14.1 Å². The number of rotatable bonds is 2. The Kier molecular flexibility index (Phi) is 2.41. The molecule has 3 aromatic rings. The molecule has 0 radical (unpaired) electrons. The second-order valence-corrected chi connectivity index (χ2v) is 3.89. The smallest absolute Gasteiger partial charge is 0.340 e. The van der Waals surface area contributed by atoms with E-state index < -0.39 is 0 Å². The number of carbonyl (C=O) groups is 1. The minimum Gasteiger partial charge on any atom is -0.465 e. The number of aromatic amines is 1. The topological polar surface area (TPSA) is 55.2 Å². The highest BCUT2D eigenvalue weighted by molar-refractivity contribution is 6.09. The second kappa shape index (κ2) is 4.07. The van der Waals surface area contributed by atoms with E-state index in [2.05, 4.69) is 4.98 Å². The summed E-state index contributed by atoms with van der Waals surface area (Å²) in [7, 11) is 1.37. The molecule has 0 fully saturated rings. The van der Waals surface area contributed by atoms with Gasteiger partial charge in [0.2, 0.25) is 0 Å². The molecule has 0 amide bonds. The van der Waals surface area contributed by atoms with Gasteiger partial charge in [-0.3, -0.25) is 0 Å². The molecule has 90 valence electrons. The fourth-order valence-corrected chi connectivity index (χ4v) is 2.06. The van der Waals surface area contributed by atoms with E-state index in [1.54, 1.807) is 18.4 Å². The van der Waals surface area contributed by atoms with Crippen molar-refractivity contribution >= 4 is 16.9 Å². The number of H-pyrrole nitrogens is 1.